The van der Waals surface area contributed by atoms with Gasteiger partial charge in [0.25, 0.3) is 0 Å². The summed E-state index contributed by atoms with van der Waals surface area (Å²) in [7, 11) is 0. The van der Waals surface area contributed by atoms with Gasteiger partial charge in [0.1, 0.15) is 5.82 Å². The van der Waals surface area contributed by atoms with Crippen molar-refractivity contribution >= 4 is 17.5 Å². The minimum Gasteiger partial charge on any atom is -0.379 e. The van der Waals surface area contributed by atoms with E-state index in [1.165, 1.54) is 12.1 Å². The SMILES string of the molecule is O=C(NCc1ccc(F)c(Cl)c1)C1CNCCOC1. The van der Waals surface area contributed by atoms with Crippen LogP contribution in [0.3, 0.4) is 0 Å². The summed E-state index contributed by atoms with van der Waals surface area (Å²) in [6.07, 6.45) is 0. The van der Waals surface area contributed by atoms with Gasteiger partial charge < -0.3 is 15.4 Å². The van der Waals surface area contributed by atoms with Gasteiger partial charge in [-0.1, -0.05) is 17.7 Å². The van der Waals surface area contributed by atoms with E-state index in [1.54, 1.807) is 6.07 Å². The third-order valence-corrected chi connectivity index (χ3v) is 3.24. The van der Waals surface area contributed by atoms with Gasteiger partial charge in [0.2, 0.25) is 5.91 Å². The van der Waals surface area contributed by atoms with Gasteiger partial charge in [-0.3, -0.25) is 4.79 Å². The molecule has 6 heteroatoms. The van der Waals surface area contributed by atoms with Crippen molar-refractivity contribution in [3.8, 4) is 0 Å². The number of hydrogen-bond donors (Lipinski definition) is 2. The molecule has 1 heterocycles. The van der Waals surface area contributed by atoms with Crippen LogP contribution >= 0.6 is 11.6 Å². The van der Waals surface area contributed by atoms with Gasteiger partial charge in [0.05, 0.1) is 24.2 Å². The van der Waals surface area contributed by atoms with Gasteiger partial charge in [-0.15, -0.1) is 0 Å². The Labute approximate surface area is 116 Å². The van der Waals surface area contributed by atoms with Crippen LogP contribution in [-0.4, -0.2) is 32.2 Å². The second kappa shape index (κ2) is 6.84. The van der Waals surface area contributed by atoms with Gasteiger partial charge in [-0.25, -0.2) is 4.39 Å². The number of carbonyl (C=O) groups excluding carboxylic acids is 1. The minimum absolute atomic E-state index is 0.0613. The van der Waals surface area contributed by atoms with Crippen molar-refractivity contribution in [1.82, 2.24) is 10.6 Å². The summed E-state index contributed by atoms with van der Waals surface area (Å²) >= 11 is 5.68. The summed E-state index contributed by atoms with van der Waals surface area (Å²) in [5.41, 5.74) is 0.766. The molecule has 104 valence electrons. The fourth-order valence-electron chi connectivity index (χ4n) is 1.86. The van der Waals surface area contributed by atoms with Crippen LogP contribution in [0.15, 0.2) is 18.2 Å². The maximum atomic E-state index is 13.0. The molecule has 1 aromatic carbocycles. The van der Waals surface area contributed by atoms with Crippen LogP contribution < -0.4 is 10.6 Å². The Hall–Kier alpha value is -1.17. The first-order valence-corrected chi connectivity index (χ1v) is 6.54. The van der Waals surface area contributed by atoms with E-state index >= 15 is 0 Å². The Balaban J connectivity index is 1.86. The molecule has 0 bridgehead atoms. The van der Waals surface area contributed by atoms with Crippen molar-refractivity contribution in [1.29, 1.82) is 0 Å². The first kappa shape index (κ1) is 14.2. The second-order valence-electron chi connectivity index (χ2n) is 4.44. The molecule has 0 aliphatic carbocycles. The van der Waals surface area contributed by atoms with E-state index in [9.17, 15) is 9.18 Å². The highest BCUT2D eigenvalue weighted by atomic mass is 35.5. The first-order chi connectivity index (χ1) is 9.16. The fourth-order valence-corrected chi connectivity index (χ4v) is 2.06. The van der Waals surface area contributed by atoms with E-state index in [0.29, 0.717) is 26.3 Å². The van der Waals surface area contributed by atoms with Crippen molar-refractivity contribution in [3.05, 3.63) is 34.6 Å². The zero-order valence-corrected chi connectivity index (χ0v) is 11.2. The van der Waals surface area contributed by atoms with Crippen LogP contribution in [-0.2, 0) is 16.1 Å². The lowest BCUT2D eigenvalue weighted by atomic mass is 10.1. The lowest BCUT2D eigenvalue weighted by Crippen LogP contribution is -2.37. The third kappa shape index (κ3) is 4.16. The molecule has 0 spiro atoms. The smallest absolute Gasteiger partial charge is 0.226 e. The Kier molecular flexibility index (Phi) is 5.13. The molecule has 1 saturated heterocycles. The van der Waals surface area contributed by atoms with Gasteiger partial charge in [0, 0.05) is 19.6 Å². The van der Waals surface area contributed by atoms with E-state index in [-0.39, 0.29) is 16.8 Å². The highest BCUT2D eigenvalue weighted by Crippen LogP contribution is 2.15. The number of ether oxygens (including phenoxy) is 1. The normalized spacial score (nSPS) is 19.8. The third-order valence-electron chi connectivity index (χ3n) is 2.95. The molecule has 4 nitrogen and oxygen atoms in total. The quantitative estimate of drug-likeness (QED) is 0.881. The van der Waals surface area contributed by atoms with E-state index in [2.05, 4.69) is 10.6 Å². The van der Waals surface area contributed by atoms with Gasteiger partial charge in [-0.2, -0.15) is 0 Å². The Morgan fingerprint density at radius 1 is 1.58 bits per heavy atom. The Bertz CT molecular complexity index is 448. The Morgan fingerprint density at radius 2 is 2.42 bits per heavy atom. The minimum atomic E-state index is -0.460. The van der Waals surface area contributed by atoms with Crippen molar-refractivity contribution < 1.29 is 13.9 Å². The van der Waals surface area contributed by atoms with Crippen molar-refractivity contribution in [3.63, 3.8) is 0 Å². The number of amides is 1. The fraction of sp³-hybridized carbons (Fsp3) is 0.462. The Morgan fingerprint density at radius 3 is 3.21 bits per heavy atom. The molecule has 0 saturated carbocycles. The molecular formula is C13H16ClFN2O2. The van der Waals surface area contributed by atoms with Gasteiger partial charge in [-0.05, 0) is 17.7 Å². The first-order valence-electron chi connectivity index (χ1n) is 6.17. The zero-order valence-electron chi connectivity index (χ0n) is 10.4. The van der Waals surface area contributed by atoms with Crippen LogP contribution in [0.1, 0.15) is 5.56 Å². The van der Waals surface area contributed by atoms with Crippen molar-refractivity contribution in [2.24, 2.45) is 5.92 Å². The lowest BCUT2D eigenvalue weighted by molar-refractivity contribution is -0.126. The van der Waals surface area contributed by atoms with E-state index in [4.69, 9.17) is 16.3 Å². The summed E-state index contributed by atoms with van der Waals surface area (Å²) in [5, 5.41) is 6.00. The highest BCUT2D eigenvalue weighted by Gasteiger charge is 2.20. The molecule has 1 aromatic rings. The van der Waals surface area contributed by atoms with Gasteiger partial charge in [0.15, 0.2) is 0 Å². The van der Waals surface area contributed by atoms with Crippen LogP contribution in [0.25, 0.3) is 0 Å². The van der Waals surface area contributed by atoms with Crippen molar-refractivity contribution in [2.45, 2.75) is 6.54 Å². The van der Waals surface area contributed by atoms with Crippen molar-refractivity contribution in [2.75, 3.05) is 26.3 Å². The lowest BCUT2D eigenvalue weighted by Gasteiger charge is -2.14. The molecule has 1 atom stereocenters. The zero-order chi connectivity index (χ0) is 13.7. The number of hydrogen-bond acceptors (Lipinski definition) is 3. The standard InChI is InChI=1S/C13H16ClFN2O2/c14-11-5-9(1-2-12(11)15)6-17-13(18)10-7-16-3-4-19-8-10/h1-2,5,10,16H,3-4,6-8H2,(H,17,18). The van der Waals surface area contributed by atoms with Crippen LogP contribution in [0, 0.1) is 11.7 Å². The van der Waals surface area contributed by atoms with E-state index < -0.39 is 5.82 Å². The average molecular weight is 287 g/mol. The van der Waals surface area contributed by atoms with E-state index in [1.807, 2.05) is 0 Å². The summed E-state index contributed by atoms with van der Waals surface area (Å²) in [6, 6.07) is 4.41. The molecule has 2 N–H and O–H groups in total. The van der Waals surface area contributed by atoms with Crippen LogP contribution in [0.4, 0.5) is 4.39 Å². The molecule has 19 heavy (non-hydrogen) atoms. The molecule has 1 unspecified atom stereocenters. The largest absolute Gasteiger partial charge is 0.379 e. The van der Waals surface area contributed by atoms with E-state index in [0.717, 1.165) is 12.1 Å². The maximum Gasteiger partial charge on any atom is 0.226 e. The topological polar surface area (TPSA) is 50.4 Å². The number of carbonyl (C=O) groups is 1. The molecule has 1 fully saturated rings. The molecular weight excluding hydrogens is 271 g/mol. The summed E-state index contributed by atoms with van der Waals surface area (Å²) in [5.74, 6) is -0.730. The molecule has 0 aromatic heterocycles. The predicted molar refractivity (Wildman–Crippen MR) is 70.4 cm³/mol. The highest BCUT2D eigenvalue weighted by molar-refractivity contribution is 6.30. The summed E-state index contributed by atoms with van der Waals surface area (Å²) in [6.45, 7) is 2.74. The molecule has 2 rings (SSSR count). The van der Waals surface area contributed by atoms with Crippen LogP contribution in [0.2, 0.25) is 5.02 Å². The number of halogens is 2. The monoisotopic (exact) mass is 286 g/mol. The predicted octanol–water partition coefficient (Wildman–Crippen LogP) is 1.33. The molecule has 0 radical (unpaired) electrons. The summed E-state index contributed by atoms with van der Waals surface area (Å²) in [4.78, 5) is 11.9. The number of rotatable bonds is 3. The number of nitrogens with one attached hydrogen (secondary N) is 2. The molecule has 1 amide bonds. The average Bonchev–Trinajstić information content (AvgIpc) is 2.69. The molecule has 1 aliphatic heterocycles. The summed E-state index contributed by atoms with van der Waals surface area (Å²) < 4.78 is 18.3. The maximum absolute atomic E-state index is 13.0. The molecule has 1 aliphatic rings. The van der Waals surface area contributed by atoms with Crippen LogP contribution in [0.5, 0.6) is 0 Å². The number of benzene rings is 1. The van der Waals surface area contributed by atoms with Gasteiger partial charge >= 0.3 is 0 Å². The second-order valence-corrected chi connectivity index (χ2v) is 4.85.